The lowest BCUT2D eigenvalue weighted by molar-refractivity contribution is 0.340. The number of hydrogen-bond acceptors (Lipinski definition) is 3. The summed E-state index contributed by atoms with van der Waals surface area (Å²) in [5.74, 6) is 0.600. The summed E-state index contributed by atoms with van der Waals surface area (Å²) in [7, 11) is 0. The van der Waals surface area contributed by atoms with Gasteiger partial charge in [0.2, 0.25) is 0 Å². The number of hydrogen-bond donors (Lipinski definition) is 2. The first-order valence-electron chi connectivity index (χ1n) is 3.73. The van der Waals surface area contributed by atoms with E-state index in [1.165, 1.54) is 0 Å². The normalized spacial score (nSPS) is 10.1. The van der Waals surface area contributed by atoms with Gasteiger partial charge in [-0.1, -0.05) is 0 Å². The minimum Gasteiger partial charge on any atom is -0.490 e. The molecule has 0 bridgehead atoms. The molecule has 0 aliphatic carbocycles. The molecule has 1 aromatic carbocycles. The molecule has 0 aromatic heterocycles. The first kappa shape index (κ1) is 10.7. The second kappa shape index (κ2) is 4.19. The van der Waals surface area contributed by atoms with Crippen LogP contribution in [-0.4, -0.2) is 6.61 Å². The van der Waals surface area contributed by atoms with E-state index in [1.54, 1.807) is 6.07 Å². The predicted octanol–water partition coefficient (Wildman–Crippen LogP) is 2.77. The second-order valence-electron chi connectivity index (χ2n) is 2.44. The molecule has 5 heteroatoms. The van der Waals surface area contributed by atoms with E-state index >= 15 is 0 Å². The Morgan fingerprint density at radius 3 is 2.54 bits per heavy atom. The first-order chi connectivity index (χ1) is 6.07. The van der Waals surface area contributed by atoms with Gasteiger partial charge in [0, 0.05) is 4.47 Å². The Bertz CT molecular complexity index is 328. The van der Waals surface area contributed by atoms with E-state index < -0.39 is 0 Å². The predicted molar refractivity (Wildman–Crippen MR) is 61.8 cm³/mol. The minimum absolute atomic E-state index is 0.559. The van der Waals surface area contributed by atoms with Gasteiger partial charge in [0.05, 0.1) is 22.5 Å². The minimum atomic E-state index is 0.559. The quantitative estimate of drug-likeness (QED) is 0.826. The molecular formula is C8H10Br2N2O. The molecule has 13 heavy (non-hydrogen) atoms. The van der Waals surface area contributed by atoms with E-state index in [2.05, 4.69) is 31.9 Å². The van der Waals surface area contributed by atoms with Crippen molar-refractivity contribution in [3.63, 3.8) is 0 Å². The molecule has 0 spiro atoms. The van der Waals surface area contributed by atoms with Gasteiger partial charge in [-0.3, -0.25) is 0 Å². The summed E-state index contributed by atoms with van der Waals surface area (Å²) in [6.45, 7) is 2.45. The fourth-order valence-corrected chi connectivity index (χ4v) is 2.19. The van der Waals surface area contributed by atoms with Crippen molar-refractivity contribution in [1.82, 2.24) is 0 Å². The van der Waals surface area contributed by atoms with Crippen molar-refractivity contribution in [2.45, 2.75) is 6.92 Å². The van der Waals surface area contributed by atoms with Crippen LogP contribution in [0, 0.1) is 0 Å². The van der Waals surface area contributed by atoms with Gasteiger partial charge in [-0.15, -0.1) is 0 Å². The number of rotatable bonds is 2. The van der Waals surface area contributed by atoms with E-state index in [0.29, 0.717) is 28.2 Å². The molecule has 0 fully saturated rings. The summed E-state index contributed by atoms with van der Waals surface area (Å²) in [4.78, 5) is 0. The summed E-state index contributed by atoms with van der Waals surface area (Å²) in [5.41, 5.74) is 12.6. The van der Waals surface area contributed by atoms with E-state index in [9.17, 15) is 0 Å². The molecule has 0 heterocycles. The average molecular weight is 310 g/mol. The van der Waals surface area contributed by atoms with Gasteiger partial charge in [-0.25, -0.2) is 0 Å². The molecule has 0 amide bonds. The van der Waals surface area contributed by atoms with Gasteiger partial charge in [-0.2, -0.15) is 0 Å². The molecule has 1 aromatic rings. The van der Waals surface area contributed by atoms with E-state index in [1.807, 2.05) is 6.92 Å². The van der Waals surface area contributed by atoms with Crippen LogP contribution < -0.4 is 16.2 Å². The molecule has 0 unspecified atom stereocenters. The lowest BCUT2D eigenvalue weighted by Gasteiger charge is -2.12. The lowest BCUT2D eigenvalue weighted by atomic mass is 10.2. The second-order valence-corrected chi connectivity index (χ2v) is 4.08. The lowest BCUT2D eigenvalue weighted by Crippen LogP contribution is -2.00. The van der Waals surface area contributed by atoms with Crippen molar-refractivity contribution in [2.75, 3.05) is 18.1 Å². The van der Waals surface area contributed by atoms with Crippen LogP contribution in [0.1, 0.15) is 6.92 Å². The summed E-state index contributed by atoms with van der Waals surface area (Å²) in [6.07, 6.45) is 0. The van der Waals surface area contributed by atoms with Gasteiger partial charge in [0.25, 0.3) is 0 Å². The highest BCUT2D eigenvalue weighted by atomic mass is 79.9. The highest BCUT2D eigenvalue weighted by Gasteiger charge is 2.11. The zero-order valence-corrected chi connectivity index (χ0v) is 10.3. The standard InChI is InChI=1S/C8H10Br2N2O/c1-2-13-8-5(11)3-4(9)7(12)6(8)10/h3H,2,11-12H2,1H3. The molecule has 0 saturated heterocycles. The Balaban J connectivity index is 3.26. The third-order valence-electron chi connectivity index (χ3n) is 1.53. The molecule has 3 nitrogen and oxygen atoms in total. The van der Waals surface area contributed by atoms with Gasteiger partial charge >= 0.3 is 0 Å². The van der Waals surface area contributed by atoms with Crippen LogP contribution in [-0.2, 0) is 0 Å². The van der Waals surface area contributed by atoms with E-state index in [4.69, 9.17) is 16.2 Å². The number of ether oxygens (including phenoxy) is 1. The number of anilines is 2. The smallest absolute Gasteiger partial charge is 0.158 e. The fraction of sp³-hybridized carbons (Fsp3) is 0.250. The van der Waals surface area contributed by atoms with Crippen molar-refractivity contribution in [3.8, 4) is 5.75 Å². The number of nitrogen functional groups attached to an aromatic ring is 2. The Labute approximate surface area is 93.7 Å². The SMILES string of the molecule is CCOc1c(N)cc(Br)c(N)c1Br. The maximum absolute atomic E-state index is 5.75. The van der Waals surface area contributed by atoms with Crippen molar-refractivity contribution in [2.24, 2.45) is 0 Å². The Morgan fingerprint density at radius 2 is 2.00 bits per heavy atom. The molecule has 4 N–H and O–H groups in total. The van der Waals surface area contributed by atoms with Crippen LogP contribution in [0.25, 0.3) is 0 Å². The van der Waals surface area contributed by atoms with Crippen LogP contribution >= 0.6 is 31.9 Å². The first-order valence-corrected chi connectivity index (χ1v) is 5.32. The Hall–Kier alpha value is -0.420. The largest absolute Gasteiger partial charge is 0.490 e. The van der Waals surface area contributed by atoms with Crippen molar-refractivity contribution in [1.29, 1.82) is 0 Å². The topological polar surface area (TPSA) is 61.3 Å². The van der Waals surface area contributed by atoms with Crippen molar-refractivity contribution < 1.29 is 4.74 Å². The monoisotopic (exact) mass is 308 g/mol. The van der Waals surface area contributed by atoms with E-state index in [-0.39, 0.29) is 0 Å². The van der Waals surface area contributed by atoms with Gasteiger partial charge in [0.1, 0.15) is 0 Å². The summed E-state index contributed by atoms with van der Waals surface area (Å²) in [5, 5.41) is 0. The summed E-state index contributed by atoms with van der Waals surface area (Å²) < 4.78 is 6.79. The van der Waals surface area contributed by atoms with Crippen LogP contribution in [0.5, 0.6) is 5.75 Å². The Morgan fingerprint density at radius 1 is 1.38 bits per heavy atom. The molecule has 0 aliphatic rings. The summed E-state index contributed by atoms with van der Waals surface area (Å²) in [6, 6.07) is 1.73. The van der Waals surface area contributed by atoms with Crippen LogP contribution in [0.15, 0.2) is 15.0 Å². The zero-order chi connectivity index (χ0) is 10.0. The number of nitrogens with two attached hydrogens (primary N) is 2. The highest BCUT2D eigenvalue weighted by Crippen LogP contribution is 2.40. The van der Waals surface area contributed by atoms with Gasteiger partial charge in [0.15, 0.2) is 5.75 Å². The van der Waals surface area contributed by atoms with Crippen LogP contribution in [0.4, 0.5) is 11.4 Å². The third-order valence-corrected chi connectivity index (χ3v) is 2.97. The average Bonchev–Trinajstić information content (AvgIpc) is 2.09. The van der Waals surface area contributed by atoms with Crippen LogP contribution in [0.2, 0.25) is 0 Å². The molecule has 1 rings (SSSR count). The third kappa shape index (κ3) is 2.08. The molecule has 72 valence electrons. The maximum Gasteiger partial charge on any atom is 0.158 e. The number of benzene rings is 1. The van der Waals surface area contributed by atoms with Crippen LogP contribution in [0.3, 0.4) is 0 Å². The van der Waals surface area contributed by atoms with E-state index in [0.717, 1.165) is 4.47 Å². The Kier molecular flexibility index (Phi) is 3.44. The fourth-order valence-electron chi connectivity index (χ4n) is 0.925. The zero-order valence-electron chi connectivity index (χ0n) is 7.10. The van der Waals surface area contributed by atoms with Crippen molar-refractivity contribution in [3.05, 3.63) is 15.0 Å². The highest BCUT2D eigenvalue weighted by molar-refractivity contribution is 9.11. The molecule has 0 aliphatic heterocycles. The molecule has 0 atom stereocenters. The van der Waals surface area contributed by atoms with Gasteiger partial charge in [-0.05, 0) is 44.8 Å². The maximum atomic E-state index is 5.75. The summed E-state index contributed by atoms with van der Waals surface area (Å²) >= 11 is 6.61. The van der Waals surface area contributed by atoms with Crippen molar-refractivity contribution >= 4 is 43.2 Å². The molecular weight excluding hydrogens is 300 g/mol. The molecule has 0 saturated carbocycles. The molecule has 0 radical (unpaired) electrons. The number of halogens is 2. The van der Waals surface area contributed by atoms with Gasteiger partial charge < -0.3 is 16.2 Å².